The molecular weight excluding hydrogens is 470 g/mol. The van der Waals surface area contributed by atoms with Crippen LogP contribution in [0.1, 0.15) is 55.8 Å². The smallest absolute Gasteiger partial charge is 0.261 e. The van der Waals surface area contributed by atoms with Crippen LogP contribution in [-0.4, -0.2) is 56.8 Å². The third-order valence-corrected chi connectivity index (χ3v) is 8.23. The number of fused-ring (bicyclic) bond motifs is 1. The van der Waals surface area contributed by atoms with Gasteiger partial charge in [-0.05, 0) is 67.0 Å². The topological polar surface area (TPSA) is 69.7 Å². The van der Waals surface area contributed by atoms with Crippen molar-refractivity contribution >= 4 is 32.4 Å². The maximum Gasteiger partial charge on any atom is 0.261 e. The molecule has 3 aromatic carbocycles. The lowest BCUT2D eigenvalue weighted by Crippen LogP contribution is -2.35. The summed E-state index contributed by atoms with van der Waals surface area (Å²) in [5, 5.41) is 1.84. The Morgan fingerprint density at radius 2 is 1.64 bits per heavy atom. The summed E-state index contributed by atoms with van der Waals surface area (Å²) >= 11 is 0. The van der Waals surface area contributed by atoms with Crippen LogP contribution in [-0.2, 0) is 10.0 Å². The van der Waals surface area contributed by atoms with E-state index in [0.717, 1.165) is 43.4 Å². The van der Waals surface area contributed by atoms with E-state index < -0.39 is 10.0 Å². The number of nitrogens with one attached hydrogen (secondary N) is 1. The molecule has 192 valence electrons. The number of carbonyl (C=O) groups is 1. The zero-order chi connectivity index (χ0) is 25.4. The highest BCUT2D eigenvalue weighted by molar-refractivity contribution is 7.92. The van der Waals surface area contributed by atoms with E-state index in [0.29, 0.717) is 17.8 Å². The minimum absolute atomic E-state index is 0.0495. The van der Waals surface area contributed by atoms with Gasteiger partial charge in [-0.15, -0.1) is 0 Å². The van der Waals surface area contributed by atoms with Crippen molar-refractivity contribution in [1.82, 2.24) is 9.80 Å². The summed E-state index contributed by atoms with van der Waals surface area (Å²) in [6.45, 7) is 6.64. The molecule has 7 heteroatoms. The highest BCUT2D eigenvalue weighted by atomic mass is 32.2. The van der Waals surface area contributed by atoms with Gasteiger partial charge in [0.15, 0.2) is 0 Å². The van der Waals surface area contributed by atoms with Crippen molar-refractivity contribution in [3.8, 4) is 0 Å². The first kappa shape index (κ1) is 26.2. The second-order valence-electron chi connectivity index (χ2n) is 9.60. The van der Waals surface area contributed by atoms with Gasteiger partial charge in [0.1, 0.15) is 0 Å². The van der Waals surface area contributed by atoms with Crippen LogP contribution >= 0.6 is 0 Å². The Bertz CT molecular complexity index is 1280. The Balaban J connectivity index is 1.38. The maximum atomic E-state index is 13.3. The van der Waals surface area contributed by atoms with E-state index in [1.807, 2.05) is 29.2 Å². The van der Waals surface area contributed by atoms with Crippen LogP contribution in [0, 0.1) is 0 Å². The zero-order valence-electron chi connectivity index (χ0n) is 21.2. The van der Waals surface area contributed by atoms with Crippen LogP contribution in [0.25, 0.3) is 10.8 Å². The van der Waals surface area contributed by atoms with Gasteiger partial charge < -0.3 is 9.80 Å². The molecule has 1 aliphatic rings. The molecule has 0 radical (unpaired) electrons. The van der Waals surface area contributed by atoms with Crippen LogP contribution < -0.4 is 4.72 Å². The SMILES string of the molecule is CCCCCCCN1CCCN(C(=O)c2cccc(NS(=O)(=O)c3ccc4ccccc4c3)c2)CC1. The largest absolute Gasteiger partial charge is 0.337 e. The lowest BCUT2D eigenvalue weighted by molar-refractivity contribution is 0.0761. The lowest BCUT2D eigenvalue weighted by Gasteiger charge is -2.22. The number of rotatable bonds is 10. The van der Waals surface area contributed by atoms with Crippen molar-refractivity contribution < 1.29 is 13.2 Å². The summed E-state index contributed by atoms with van der Waals surface area (Å²) in [5.41, 5.74) is 0.888. The van der Waals surface area contributed by atoms with Crippen molar-refractivity contribution in [1.29, 1.82) is 0 Å². The van der Waals surface area contributed by atoms with Crippen LogP contribution in [0.2, 0.25) is 0 Å². The predicted octanol–water partition coefficient (Wildman–Crippen LogP) is 5.76. The second kappa shape index (κ2) is 12.4. The predicted molar refractivity (Wildman–Crippen MR) is 147 cm³/mol. The molecule has 0 atom stereocenters. The van der Waals surface area contributed by atoms with Crippen LogP contribution in [0.3, 0.4) is 0 Å². The first-order valence-corrected chi connectivity index (χ1v) is 14.6. The van der Waals surface area contributed by atoms with Crippen LogP contribution in [0.15, 0.2) is 71.6 Å². The number of sulfonamides is 1. The van der Waals surface area contributed by atoms with Gasteiger partial charge in [-0.25, -0.2) is 8.42 Å². The van der Waals surface area contributed by atoms with Crippen molar-refractivity contribution in [3.63, 3.8) is 0 Å². The summed E-state index contributed by atoms with van der Waals surface area (Å²) in [7, 11) is -3.78. The molecule has 1 saturated heterocycles. The van der Waals surface area contributed by atoms with Crippen LogP contribution in [0.4, 0.5) is 5.69 Å². The molecule has 1 heterocycles. The average Bonchev–Trinajstić information content (AvgIpc) is 3.13. The van der Waals surface area contributed by atoms with Gasteiger partial charge in [0.05, 0.1) is 4.90 Å². The molecule has 0 saturated carbocycles. The molecule has 1 aliphatic heterocycles. The Labute approximate surface area is 215 Å². The van der Waals surface area contributed by atoms with Gasteiger partial charge >= 0.3 is 0 Å². The molecule has 36 heavy (non-hydrogen) atoms. The zero-order valence-corrected chi connectivity index (χ0v) is 22.0. The van der Waals surface area contributed by atoms with Crippen molar-refractivity contribution in [2.24, 2.45) is 0 Å². The third-order valence-electron chi connectivity index (χ3n) is 6.85. The highest BCUT2D eigenvalue weighted by Crippen LogP contribution is 2.22. The standard InChI is InChI=1S/C29H37N3O3S/c1-2-3-4-5-8-17-31-18-10-19-32(21-20-31)29(33)26-13-9-14-27(22-26)30-36(34,35)28-16-15-24-11-6-7-12-25(24)23-28/h6-7,9,11-16,22-23,30H,2-5,8,10,17-21H2,1H3. The van der Waals surface area contributed by atoms with Gasteiger partial charge in [0.25, 0.3) is 15.9 Å². The normalized spacial score (nSPS) is 15.1. The van der Waals surface area contributed by atoms with E-state index in [9.17, 15) is 13.2 Å². The Kier molecular flexibility index (Phi) is 8.99. The van der Waals surface area contributed by atoms with Gasteiger partial charge in [0, 0.05) is 30.9 Å². The fourth-order valence-corrected chi connectivity index (χ4v) is 5.87. The monoisotopic (exact) mass is 507 g/mol. The van der Waals surface area contributed by atoms with Crippen molar-refractivity contribution in [2.75, 3.05) is 37.4 Å². The van der Waals surface area contributed by atoms with Gasteiger partial charge in [0.2, 0.25) is 0 Å². The fraction of sp³-hybridized carbons (Fsp3) is 0.414. The number of carbonyl (C=O) groups excluding carboxylic acids is 1. The Hall–Kier alpha value is -2.90. The van der Waals surface area contributed by atoms with Crippen molar-refractivity contribution in [3.05, 3.63) is 72.3 Å². The molecular formula is C29H37N3O3S. The number of unbranched alkanes of at least 4 members (excludes halogenated alkanes) is 4. The van der Waals surface area contributed by atoms with E-state index in [1.54, 1.807) is 42.5 Å². The number of benzene rings is 3. The molecule has 0 aliphatic carbocycles. The molecule has 0 spiro atoms. The minimum Gasteiger partial charge on any atom is -0.337 e. The average molecular weight is 508 g/mol. The molecule has 0 unspecified atom stereocenters. The Morgan fingerprint density at radius 1 is 0.833 bits per heavy atom. The molecule has 0 bridgehead atoms. The summed E-state index contributed by atoms with van der Waals surface area (Å²) < 4.78 is 28.7. The van der Waals surface area contributed by atoms with E-state index in [4.69, 9.17) is 0 Å². The van der Waals surface area contributed by atoms with Gasteiger partial charge in [-0.3, -0.25) is 9.52 Å². The second-order valence-corrected chi connectivity index (χ2v) is 11.3. The van der Waals surface area contributed by atoms with Crippen LogP contribution in [0.5, 0.6) is 0 Å². The van der Waals surface area contributed by atoms with E-state index >= 15 is 0 Å². The number of hydrogen-bond acceptors (Lipinski definition) is 4. The summed E-state index contributed by atoms with van der Waals surface area (Å²) in [5.74, 6) is -0.0495. The molecule has 1 fully saturated rings. The van der Waals surface area contributed by atoms with Crippen molar-refractivity contribution in [2.45, 2.75) is 50.3 Å². The number of nitrogens with zero attached hydrogens (tertiary/aromatic N) is 2. The molecule has 1 amide bonds. The van der Waals surface area contributed by atoms with E-state index in [-0.39, 0.29) is 10.8 Å². The first-order chi connectivity index (χ1) is 17.5. The summed E-state index contributed by atoms with van der Waals surface area (Å²) in [6.07, 6.45) is 7.31. The first-order valence-electron chi connectivity index (χ1n) is 13.1. The van der Waals surface area contributed by atoms with Gasteiger partial charge in [-0.1, -0.05) is 69.0 Å². The maximum absolute atomic E-state index is 13.3. The molecule has 6 nitrogen and oxygen atoms in total. The third kappa shape index (κ3) is 6.86. The summed E-state index contributed by atoms with van der Waals surface area (Å²) in [4.78, 5) is 17.8. The molecule has 4 rings (SSSR count). The minimum atomic E-state index is -3.78. The number of amides is 1. The van der Waals surface area contributed by atoms with E-state index in [1.165, 1.54) is 32.1 Å². The quantitative estimate of drug-likeness (QED) is 0.354. The number of hydrogen-bond donors (Lipinski definition) is 1. The lowest BCUT2D eigenvalue weighted by atomic mass is 10.1. The Morgan fingerprint density at radius 3 is 2.47 bits per heavy atom. The van der Waals surface area contributed by atoms with Gasteiger partial charge in [-0.2, -0.15) is 0 Å². The fourth-order valence-electron chi connectivity index (χ4n) is 4.78. The molecule has 1 N–H and O–H groups in total. The number of anilines is 1. The summed E-state index contributed by atoms with van der Waals surface area (Å²) in [6, 6.07) is 19.5. The molecule has 0 aromatic heterocycles. The van der Waals surface area contributed by atoms with E-state index in [2.05, 4.69) is 16.5 Å². The highest BCUT2D eigenvalue weighted by Gasteiger charge is 2.21. The molecule has 3 aromatic rings.